The Hall–Kier alpha value is -1.62. The second kappa shape index (κ2) is 7.78. The molecule has 0 aliphatic heterocycles. The van der Waals surface area contributed by atoms with E-state index in [-0.39, 0.29) is 12.5 Å². The van der Waals surface area contributed by atoms with E-state index < -0.39 is 5.54 Å². The Morgan fingerprint density at radius 3 is 2.63 bits per heavy atom. The van der Waals surface area contributed by atoms with E-state index in [0.717, 1.165) is 43.5 Å². The molecule has 2 aliphatic rings. The molecule has 27 heavy (non-hydrogen) atoms. The summed E-state index contributed by atoms with van der Waals surface area (Å²) in [6.45, 7) is 8.25. The topological polar surface area (TPSA) is 74.2 Å². The second-order valence-corrected chi connectivity index (χ2v) is 9.78. The van der Waals surface area contributed by atoms with Crippen molar-refractivity contribution in [2.45, 2.75) is 90.6 Å². The van der Waals surface area contributed by atoms with Gasteiger partial charge >= 0.3 is 0 Å². The van der Waals surface area contributed by atoms with E-state index in [2.05, 4.69) is 29.5 Å². The Kier molecular flexibility index (Phi) is 5.80. The van der Waals surface area contributed by atoms with Gasteiger partial charge in [0.1, 0.15) is 5.82 Å². The average molecular weight is 374 g/mol. The first-order valence-corrected chi connectivity index (χ1v) is 10.4. The highest BCUT2D eigenvalue weighted by atomic mass is 16.3. The van der Waals surface area contributed by atoms with Gasteiger partial charge in [0.15, 0.2) is 0 Å². The van der Waals surface area contributed by atoms with Crippen molar-refractivity contribution in [3.8, 4) is 0 Å². The zero-order valence-corrected chi connectivity index (χ0v) is 17.3. The number of aliphatic hydroxyl groups is 1. The van der Waals surface area contributed by atoms with Crippen molar-refractivity contribution in [2.24, 2.45) is 5.41 Å². The first kappa shape index (κ1) is 20.1. The van der Waals surface area contributed by atoms with Gasteiger partial charge in [-0.2, -0.15) is 0 Å². The Morgan fingerprint density at radius 2 is 1.96 bits per heavy atom. The highest BCUT2D eigenvalue weighted by Crippen LogP contribution is 2.37. The van der Waals surface area contributed by atoms with Crippen LogP contribution in [0, 0.1) is 5.41 Å². The number of hydrogen-bond donors (Lipinski definition) is 3. The number of nitrogens with zero attached hydrogens (tertiary/aromatic N) is 1. The first-order chi connectivity index (χ1) is 12.7. The lowest BCUT2D eigenvalue weighted by Gasteiger charge is -2.36. The summed E-state index contributed by atoms with van der Waals surface area (Å²) in [6, 6.07) is 0.459. The van der Waals surface area contributed by atoms with Crippen molar-refractivity contribution < 1.29 is 9.90 Å². The molecule has 150 valence electrons. The summed E-state index contributed by atoms with van der Waals surface area (Å²) in [5, 5.41) is 16.1. The van der Waals surface area contributed by atoms with Gasteiger partial charge in [0.05, 0.1) is 17.7 Å². The molecule has 3 N–H and O–H groups in total. The van der Waals surface area contributed by atoms with Crippen LogP contribution < -0.4 is 10.6 Å². The summed E-state index contributed by atoms with van der Waals surface area (Å²) in [6.07, 6.45) is 10.8. The van der Waals surface area contributed by atoms with Gasteiger partial charge in [-0.15, -0.1) is 0 Å². The molecule has 0 saturated heterocycles. The highest BCUT2D eigenvalue weighted by Gasteiger charge is 2.30. The maximum absolute atomic E-state index is 12.8. The van der Waals surface area contributed by atoms with Crippen LogP contribution in [-0.2, 0) is 12.8 Å². The Bertz CT molecular complexity index is 697. The average Bonchev–Trinajstić information content (AvgIpc) is 2.60. The van der Waals surface area contributed by atoms with E-state index >= 15 is 0 Å². The molecule has 1 unspecified atom stereocenters. The molecule has 5 nitrogen and oxygen atoms in total. The van der Waals surface area contributed by atoms with E-state index in [9.17, 15) is 9.90 Å². The Balaban J connectivity index is 1.84. The molecular weight excluding hydrogens is 338 g/mol. The lowest BCUT2D eigenvalue weighted by molar-refractivity contribution is 0.0867. The minimum Gasteiger partial charge on any atom is -0.394 e. The number of aliphatic hydroxyl groups excluding tert-OH is 1. The summed E-state index contributed by atoms with van der Waals surface area (Å²) in [5.41, 5.74) is 2.77. The molecule has 1 atom stereocenters. The van der Waals surface area contributed by atoms with Gasteiger partial charge in [0.2, 0.25) is 0 Å². The Labute approximate surface area is 163 Å². The predicted octanol–water partition coefficient (Wildman–Crippen LogP) is 3.84. The lowest BCUT2D eigenvalue weighted by Crippen LogP contribution is -2.46. The normalized spacial score (nSPS) is 22.0. The molecule has 5 heteroatoms. The Morgan fingerprint density at radius 1 is 1.26 bits per heavy atom. The van der Waals surface area contributed by atoms with Gasteiger partial charge in [0.25, 0.3) is 5.91 Å². The van der Waals surface area contributed by atoms with Gasteiger partial charge in [-0.05, 0) is 75.3 Å². The number of nitrogens with one attached hydrogen (secondary N) is 2. The molecule has 1 aromatic rings. The summed E-state index contributed by atoms with van der Waals surface area (Å²) < 4.78 is 0. The third-order valence-electron chi connectivity index (χ3n) is 6.04. The number of anilines is 1. The number of carbonyl (C=O) groups excluding carboxylic acids is 1. The number of amides is 1. The molecule has 0 spiro atoms. The van der Waals surface area contributed by atoms with E-state index in [1.807, 2.05) is 13.8 Å². The lowest BCUT2D eigenvalue weighted by atomic mass is 9.75. The second-order valence-electron chi connectivity index (χ2n) is 9.78. The molecule has 2 aliphatic carbocycles. The molecule has 0 radical (unpaired) electrons. The van der Waals surface area contributed by atoms with Crippen molar-refractivity contribution in [1.29, 1.82) is 0 Å². The summed E-state index contributed by atoms with van der Waals surface area (Å²) >= 11 is 0. The van der Waals surface area contributed by atoms with Gasteiger partial charge in [-0.1, -0.05) is 20.3 Å². The smallest absolute Gasteiger partial charge is 0.253 e. The molecule has 0 aromatic carbocycles. The summed E-state index contributed by atoms with van der Waals surface area (Å²) in [7, 11) is 0. The van der Waals surface area contributed by atoms with Crippen LogP contribution in [0.5, 0.6) is 0 Å². The molecule has 1 aromatic heterocycles. The number of hydrogen-bond acceptors (Lipinski definition) is 4. The minimum absolute atomic E-state index is 0.0918. The summed E-state index contributed by atoms with van der Waals surface area (Å²) in [4.78, 5) is 17.5. The van der Waals surface area contributed by atoms with Crippen LogP contribution in [0.2, 0.25) is 0 Å². The van der Waals surface area contributed by atoms with Crippen LogP contribution in [0.4, 0.5) is 5.82 Å². The van der Waals surface area contributed by atoms with Crippen LogP contribution >= 0.6 is 0 Å². The molecule has 3 rings (SSSR count). The molecular formula is C22H35N3O2. The molecule has 1 saturated carbocycles. The fraction of sp³-hybridized carbons (Fsp3) is 0.727. The largest absolute Gasteiger partial charge is 0.394 e. The van der Waals surface area contributed by atoms with E-state index in [1.165, 1.54) is 24.8 Å². The van der Waals surface area contributed by atoms with Crippen LogP contribution in [0.3, 0.4) is 0 Å². The quantitative estimate of drug-likeness (QED) is 0.733. The maximum atomic E-state index is 12.8. The van der Waals surface area contributed by atoms with E-state index in [1.54, 1.807) is 6.20 Å². The zero-order chi connectivity index (χ0) is 19.7. The van der Waals surface area contributed by atoms with E-state index in [4.69, 9.17) is 0 Å². The molecule has 0 bridgehead atoms. The van der Waals surface area contributed by atoms with Crippen molar-refractivity contribution in [1.82, 2.24) is 10.3 Å². The van der Waals surface area contributed by atoms with Gasteiger partial charge < -0.3 is 15.7 Å². The van der Waals surface area contributed by atoms with Crippen molar-refractivity contribution in [2.75, 3.05) is 11.9 Å². The van der Waals surface area contributed by atoms with Crippen molar-refractivity contribution >= 4 is 11.7 Å². The molecule has 1 heterocycles. The number of aromatic nitrogens is 1. The van der Waals surface area contributed by atoms with Gasteiger partial charge in [0, 0.05) is 12.2 Å². The predicted molar refractivity (Wildman–Crippen MR) is 109 cm³/mol. The fourth-order valence-electron chi connectivity index (χ4n) is 4.50. The summed E-state index contributed by atoms with van der Waals surface area (Å²) in [5.74, 6) is 0.843. The SMILES string of the molecule is CC1(C)CCCC(Nc2ncc(C(=O)NC(C)(C)CO)c3c2CCCC3)C1. The number of fused-ring (bicyclic) bond motifs is 1. The fourth-order valence-corrected chi connectivity index (χ4v) is 4.50. The van der Waals surface area contributed by atoms with Gasteiger partial charge in [-0.25, -0.2) is 4.98 Å². The van der Waals surface area contributed by atoms with Crippen molar-refractivity contribution in [3.63, 3.8) is 0 Å². The van der Waals surface area contributed by atoms with Crippen LogP contribution in [0.15, 0.2) is 6.20 Å². The van der Waals surface area contributed by atoms with Crippen LogP contribution in [0.25, 0.3) is 0 Å². The number of carbonyl (C=O) groups is 1. The molecule has 1 fully saturated rings. The van der Waals surface area contributed by atoms with Crippen LogP contribution in [0.1, 0.15) is 87.7 Å². The van der Waals surface area contributed by atoms with E-state index in [0.29, 0.717) is 17.0 Å². The third-order valence-corrected chi connectivity index (χ3v) is 6.04. The highest BCUT2D eigenvalue weighted by molar-refractivity contribution is 5.96. The minimum atomic E-state index is -0.636. The monoisotopic (exact) mass is 373 g/mol. The molecule has 1 amide bonds. The zero-order valence-electron chi connectivity index (χ0n) is 17.3. The van der Waals surface area contributed by atoms with Crippen LogP contribution in [-0.4, -0.2) is 34.2 Å². The maximum Gasteiger partial charge on any atom is 0.253 e. The standard InChI is InChI=1S/C22H35N3O2/c1-21(2)11-7-8-15(12-21)24-19-17-10-6-5-9-16(17)18(13-23-19)20(27)25-22(3,4)14-26/h13,15,26H,5-12,14H2,1-4H3,(H,23,24)(H,25,27). The first-order valence-electron chi connectivity index (χ1n) is 10.4. The van der Waals surface area contributed by atoms with Gasteiger partial charge in [-0.3, -0.25) is 4.79 Å². The number of pyridine rings is 1. The third kappa shape index (κ3) is 4.81. The number of rotatable bonds is 5. The van der Waals surface area contributed by atoms with Crippen molar-refractivity contribution in [3.05, 3.63) is 22.9 Å².